The van der Waals surface area contributed by atoms with Crippen LogP contribution in [-0.4, -0.2) is 23.4 Å². The minimum absolute atomic E-state index is 0.115. The molecule has 2 aromatic rings. The lowest BCUT2D eigenvalue weighted by Crippen LogP contribution is -2.28. The third-order valence-corrected chi connectivity index (χ3v) is 5.33. The van der Waals surface area contributed by atoms with Crippen LogP contribution in [0.1, 0.15) is 25.0 Å². The van der Waals surface area contributed by atoms with Crippen molar-refractivity contribution in [2.24, 2.45) is 0 Å². The fourth-order valence-electron chi connectivity index (χ4n) is 2.80. The average molecular weight is 400 g/mol. The average Bonchev–Trinajstić information content (AvgIpc) is 2.92. The molecule has 27 heavy (non-hydrogen) atoms. The number of nitrogens with zero attached hydrogens (tertiary/aromatic N) is 1. The quantitative estimate of drug-likeness (QED) is 0.493. The summed E-state index contributed by atoms with van der Waals surface area (Å²) in [6.07, 6.45) is 1.83. The van der Waals surface area contributed by atoms with Crippen LogP contribution >= 0.6 is 24.0 Å². The Morgan fingerprint density at radius 1 is 1.11 bits per heavy atom. The number of para-hydroxylation sites is 1. The number of rotatable bonds is 6. The molecule has 0 spiro atoms. The van der Waals surface area contributed by atoms with Crippen molar-refractivity contribution in [2.45, 2.75) is 20.8 Å². The highest BCUT2D eigenvalue weighted by atomic mass is 32.2. The van der Waals surface area contributed by atoms with Gasteiger partial charge in [-0.25, -0.2) is 0 Å². The van der Waals surface area contributed by atoms with E-state index in [2.05, 4.69) is 0 Å². The molecule has 4 nitrogen and oxygen atoms in total. The Hall–Kier alpha value is -2.31. The zero-order valence-corrected chi connectivity index (χ0v) is 17.2. The van der Waals surface area contributed by atoms with Crippen LogP contribution in [0, 0.1) is 6.92 Å². The number of thiocarbonyl (C=S) groups is 1. The molecule has 0 bridgehead atoms. The summed E-state index contributed by atoms with van der Waals surface area (Å²) in [4.78, 5) is 15.2. The maximum Gasteiger partial charge on any atom is 0.270 e. The Balaban J connectivity index is 1.95. The molecule has 6 heteroatoms. The van der Waals surface area contributed by atoms with Crippen LogP contribution in [0.3, 0.4) is 0 Å². The topological polar surface area (TPSA) is 38.8 Å². The molecule has 0 saturated carbocycles. The summed E-state index contributed by atoms with van der Waals surface area (Å²) in [6.45, 7) is 6.94. The zero-order valence-electron chi connectivity index (χ0n) is 15.5. The Labute approximate surface area is 169 Å². The van der Waals surface area contributed by atoms with Crippen LogP contribution in [-0.2, 0) is 4.79 Å². The minimum atomic E-state index is -0.115. The lowest BCUT2D eigenvalue weighted by Gasteiger charge is -2.16. The number of carbonyl (C=O) groups excluding carboxylic acids is 1. The molecule has 1 fully saturated rings. The molecule has 1 aliphatic rings. The summed E-state index contributed by atoms with van der Waals surface area (Å²) in [7, 11) is 0. The molecule has 0 atom stereocenters. The van der Waals surface area contributed by atoms with Gasteiger partial charge in [-0.05, 0) is 50.6 Å². The number of carbonyl (C=O) groups is 1. The molecule has 1 heterocycles. The Morgan fingerprint density at radius 2 is 1.85 bits per heavy atom. The van der Waals surface area contributed by atoms with E-state index in [-0.39, 0.29) is 5.91 Å². The van der Waals surface area contributed by atoms with Crippen LogP contribution in [0.5, 0.6) is 11.5 Å². The van der Waals surface area contributed by atoms with E-state index in [9.17, 15) is 4.79 Å². The summed E-state index contributed by atoms with van der Waals surface area (Å²) in [5, 5.41) is 0. The van der Waals surface area contributed by atoms with E-state index < -0.39 is 0 Å². The minimum Gasteiger partial charge on any atom is -0.494 e. The van der Waals surface area contributed by atoms with E-state index in [0.29, 0.717) is 28.2 Å². The molecule has 0 unspecified atom stereocenters. The van der Waals surface area contributed by atoms with E-state index in [4.69, 9.17) is 21.7 Å². The van der Waals surface area contributed by atoms with Gasteiger partial charge in [0.15, 0.2) is 4.32 Å². The first-order valence-electron chi connectivity index (χ1n) is 8.78. The largest absolute Gasteiger partial charge is 0.494 e. The van der Waals surface area contributed by atoms with Gasteiger partial charge in [0.2, 0.25) is 0 Å². The highest BCUT2D eigenvalue weighted by molar-refractivity contribution is 8.27. The summed E-state index contributed by atoms with van der Waals surface area (Å²) < 4.78 is 11.8. The van der Waals surface area contributed by atoms with Crippen LogP contribution in [0.25, 0.3) is 6.08 Å². The molecular weight excluding hydrogens is 378 g/mol. The van der Waals surface area contributed by atoms with Gasteiger partial charge in [0.25, 0.3) is 5.91 Å². The van der Waals surface area contributed by atoms with Crippen molar-refractivity contribution in [1.82, 2.24) is 0 Å². The molecule has 0 N–H and O–H groups in total. The van der Waals surface area contributed by atoms with E-state index in [1.54, 1.807) is 4.90 Å². The van der Waals surface area contributed by atoms with E-state index in [1.165, 1.54) is 11.8 Å². The lowest BCUT2D eigenvalue weighted by molar-refractivity contribution is -0.113. The fraction of sp³-hybridized carbons (Fsp3) is 0.238. The number of thioether (sulfide) groups is 1. The van der Waals surface area contributed by atoms with Crippen molar-refractivity contribution in [2.75, 3.05) is 18.1 Å². The summed E-state index contributed by atoms with van der Waals surface area (Å²) in [5.74, 6) is 1.31. The van der Waals surface area contributed by atoms with Crippen molar-refractivity contribution in [1.29, 1.82) is 0 Å². The van der Waals surface area contributed by atoms with Crippen LogP contribution in [0.15, 0.2) is 47.4 Å². The number of ether oxygens (including phenoxy) is 2. The van der Waals surface area contributed by atoms with E-state index in [0.717, 1.165) is 22.6 Å². The van der Waals surface area contributed by atoms with Crippen LogP contribution < -0.4 is 14.4 Å². The highest BCUT2D eigenvalue weighted by Gasteiger charge is 2.34. The first-order valence-corrected chi connectivity index (χ1v) is 10.0. The van der Waals surface area contributed by atoms with Gasteiger partial charge in [-0.1, -0.05) is 42.2 Å². The molecule has 3 rings (SSSR count). The van der Waals surface area contributed by atoms with E-state index >= 15 is 0 Å². The third kappa shape index (κ3) is 4.17. The van der Waals surface area contributed by atoms with Crippen LogP contribution in [0.4, 0.5) is 5.69 Å². The van der Waals surface area contributed by atoms with Gasteiger partial charge >= 0.3 is 0 Å². The Kier molecular flexibility index (Phi) is 6.19. The lowest BCUT2D eigenvalue weighted by atomic mass is 10.1. The summed E-state index contributed by atoms with van der Waals surface area (Å²) >= 11 is 6.77. The molecule has 0 aromatic heterocycles. The van der Waals surface area contributed by atoms with Gasteiger partial charge < -0.3 is 9.47 Å². The second-order valence-corrected chi connectivity index (χ2v) is 7.55. The van der Waals surface area contributed by atoms with Crippen molar-refractivity contribution in [3.05, 3.63) is 58.5 Å². The third-order valence-electron chi connectivity index (χ3n) is 4.03. The van der Waals surface area contributed by atoms with E-state index in [1.807, 2.05) is 69.3 Å². The number of amides is 1. The first kappa shape index (κ1) is 19.5. The van der Waals surface area contributed by atoms with Gasteiger partial charge in [0.1, 0.15) is 11.5 Å². The van der Waals surface area contributed by atoms with Gasteiger partial charge in [-0.15, -0.1) is 0 Å². The molecule has 1 saturated heterocycles. The van der Waals surface area contributed by atoms with Gasteiger partial charge in [0, 0.05) is 11.6 Å². The van der Waals surface area contributed by atoms with Crippen molar-refractivity contribution < 1.29 is 14.3 Å². The fourth-order valence-corrected chi connectivity index (χ4v) is 4.08. The standard InChI is InChI=1S/C21H21NO3S2/c1-4-24-16-11-10-15(18(13-16)25-5-2)12-19-20(23)22(21(26)27-19)17-9-7-6-8-14(17)3/h6-13H,4-5H2,1-3H3/b19-12-. The van der Waals surface area contributed by atoms with Gasteiger partial charge in [-0.2, -0.15) is 0 Å². The monoisotopic (exact) mass is 399 g/mol. The molecular formula is C21H21NO3S2. The summed E-state index contributed by atoms with van der Waals surface area (Å²) in [6, 6.07) is 13.4. The number of anilines is 1. The second kappa shape index (κ2) is 8.59. The van der Waals surface area contributed by atoms with Crippen molar-refractivity contribution in [3.63, 3.8) is 0 Å². The maximum absolute atomic E-state index is 13.0. The van der Waals surface area contributed by atoms with Gasteiger partial charge in [0.05, 0.1) is 23.8 Å². The summed E-state index contributed by atoms with van der Waals surface area (Å²) in [5.41, 5.74) is 2.65. The molecule has 2 aromatic carbocycles. The normalized spacial score (nSPS) is 15.5. The smallest absolute Gasteiger partial charge is 0.270 e. The van der Waals surface area contributed by atoms with Crippen molar-refractivity contribution in [3.8, 4) is 11.5 Å². The van der Waals surface area contributed by atoms with Gasteiger partial charge in [-0.3, -0.25) is 9.69 Å². The highest BCUT2D eigenvalue weighted by Crippen LogP contribution is 2.38. The molecule has 1 amide bonds. The number of benzene rings is 2. The Bertz CT molecular complexity index is 908. The number of hydrogen-bond donors (Lipinski definition) is 0. The van der Waals surface area contributed by atoms with Crippen LogP contribution in [0.2, 0.25) is 0 Å². The number of aryl methyl sites for hydroxylation is 1. The molecule has 0 radical (unpaired) electrons. The Morgan fingerprint density at radius 3 is 2.56 bits per heavy atom. The maximum atomic E-state index is 13.0. The first-order chi connectivity index (χ1) is 13.0. The number of hydrogen-bond acceptors (Lipinski definition) is 5. The molecule has 0 aliphatic carbocycles. The zero-order chi connectivity index (χ0) is 19.4. The predicted molar refractivity (Wildman–Crippen MR) is 116 cm³/mol. The second-order valence-electron chi connectivity index (χ2n) is 5.87. The molecule has 140 valence electrons. The SMILES string of the molecule is CCOc1ccc(/C=C2\SC(=S)N(c3ccccc3C)C2=O)c(OCC)c1. The van der Waals surface area contributed by atoms with Crippen molar-refractivity contribution >= 4 is 46.0 Å². The molecule has 1 aliphatic heterocycles. The predicted octanol–water partition coefficient (Wildman–Crippen LogP) is 5.20.